The van der Waals surface area contributed by atoms with Crippen LogP contribution < -0.4 is 10.6 Å². The second-order valence-corrected chi connectivity index (χ2v) is 9.90. The minimum atomic E-state index is -1.54. The van der Waals surface area contributed by atoms with Gasteiger partial charge < -0.3 is 15.0 Å². The van der Waals surface area contributed by atoms with Crippen molar-refractivity contribution in [2.24, 2.45) is 7.05 Å². The molecule has 9 heteroatoms. The lowest BCUT2D eigenvalue weighted by Gasteiger charge is -2.30. The van der Waals surface area contributed by atoms with Crippen LogP contribution in [0.3, 0.4) is 0 Å². The van der Waals surface area contributed by atoms with Gasteiger partial charge in [-0.3, -0.25) is 5.32 Å². The van der Waals surface area contributed by atoms with Crippen molar-refractivity contribution in [3.8, 4) is 11.1 Å². The Hall–Kier alpha value is -4.17. The Labute approximate surface area is 235 Å². The van der Waals surface area contributed by atoms with Crippen LogP contribution in [0.1, 0.15) is 16.8 Å². The predicted molar refractivity (Wildman–Crippen MR) is 156 cm³/mol. The smallest absolute Gasteiger partial charge is 0.320 e. The zero-order chi connectivity index (χ0) is 27.6. The molecule has 196 valence electrons. The van der Waals surface area contributed by atoms with E-state index in [1.54, 1.807) is 59.6 Å². The number of imidazole rings is 1. The fourth-order valence-corrected chi connectivity index (χ4v) is 4.91. The van der Waals surface area contributed by atoms with Gasteiger partial charge in [-0.2, -0.15) is 0 Å². The lowest BCUT2D eigenvalue weighted by Crippen LogP contribution is -2.31. The summed E-state index contributed by atoms with van der Waals surface area (Å²) in [5.41, 5.74) is 2.51. The first kappa shape index (κ1) is 26.4. The molecule has 1 unspecified atom stereocenters. The van der Waals surface area contributed by atoms with Crippen molar-refractivity contribution < 1.29 is 9.90 Å². The lowest BCUT2D eigenvalue weighted by molar-refractivity contribution is 0.117. The number of anilines is 1. The van der Waals surface area contributed by atoms with Crippen molar-refractivity contribution in [3.05, 3.63) is 125 Å². The number of aryl methyl sites for hydroxylation is 1. The number of carbonyl (C=O) groups is 1. The summed E-state index contributed by atoms with van der Waals surface area (Å²) in [6, 6.07) is 21.4. The van der Waals surface area contributed by atoms with E-state index < -0.39 is 11.6 Å². The number of hydrogen-bond donors (Lipinski definition) is 3. The zero-order valence-electron chi connectivity index (χ0n) is 21.0. The minimum Gasteiger partial charge on any atom is -0.374 e. The molecule has 0 saturated carbocycles. The maximum atomic E-state index is 12.4. The summed E-state index contributed by atoms with van der Waals surface area (Å²) < 4.78 is 1.78. The molecule has 7 nitrogen and oxygen atoms in total. The van der Waals surface area contributed by atoms with Crippen LogP contribution in [0, 0.1) is 0 Å². The number of rotatable bonds is 7. The Morgan fingerprint density at radius 2 is 1.82 bits per heavy atom. The van der Waals surface area contributed by atoms with Gasteiger partial charge in [0.05, 0.1) is 23.7 Å². The number of nitrogens with one attached hydrogen (secondary N) is 2. The van der Waals surface area contributed by atoms with E-state index in [9.17, 15) is 9.90 Å². The number of aromatic nitrogens is 3. The summed E-state index contributed by atoms with van der Waals surface area (Å²) in [5, 5.41) is 19.8. The van der Waals surface area contributed by atoms with Gasteiger partial charge in [-0.05, 0) is 64.7 Å². The third-order valence-electron chi connectivity index (χ3n) is 6.46. The summed E-state index contributed by atoms with van der Waals surface area (Å²) in [6.45, 7) is 3.94. The minimum absolute atomic E-state index is 0.321. The van der Waals surface area contributed by atoms with Gasteiger partial charge >= 0.3 is 6.03 Å². The molecule has 0 saturated heterocycles. The maximum absolute atomic E-state index is 12.4. The topological polar surface area (TPSA) is 92.1 Å². The molecule has 2 aromatic heterocycles. The third-order valence-corrected chi connectivity index (χ3v) is 6.95. The highest BCUT2D eigenvalue weighted by Crippen LogP contribution is 2.40. The molecule has 2 amide bonds. The summed E-state index contributed by atoms with van der Waals surface area (Å²) in [5.74, 6) is 0.367. The summed E-state index contributed by atoms with van der Waals surface area (Å²) in [7, 11) is 1.83. The monoisotopic (exact) mass is 557 g/mol. The molecule has 0 aliphatic heterocycles. The van der Waals surface area contributed by atoms with E-state index in [1.807, 2.05) is 43.4 Å². The average Bonchev–Trinajstić information content (AvgIpc) is 3.37. The van der Waals surface area contributed by atoms with Crippen molar-refractivity contribution in [2.75, 3.05) is 11.9 Å². The Bertz CT molecular complexity index is 1680. The molecule has 3 N–H and O–H groups in total. The van der Waals surface area contributed by atoms with E-state index in [0.717, 1.165) is 16.5 Å². The van der Waals surface area contributed by atoms with Gasteiger partial charge in [0, 0.05) is 29.0 Å². The molecule has 1 atom stereocenters. The molecule has 0 aliphatic rings. The van der Waals surface area contributed by atoms with Crippen LogP contribution in [0.25, 0.3) is 22.0 Å². The van der Waals surface area contributed by atoms with Crippen molar-refractivity contribution in [1.29, 1.82) is 0 Å². The van der Waals surface area contributed by atoms with E-state index in [-0.39, 0.29) is 0 Å². The fraction of sp³-hybridized carbons (Fsp3) is 0.100. The molecule has 0 fully saturated rings. The molecular formula is C30H25Cl2N5O2. The molecule has 5 rings (SSSR count). The Balaban J connectivity index is 1.73. The van der Waals surface area contributed by atoms with E-state index >= 15 is 0 Å². The van der Waals surface area contributed by atoms with Crippen molar-refractivity contribution in [2.45, 2.75) is 5.60 Å². The van der Waals surface area contributed by atoms with Crippen molar-refractivity contribution >= 4 is 46.0 Å². The van der Waals surface area contributed by atoms with Crippen molar-refractivity contribution in [3.63, 3.8) is 0 Å². The molecule has 39 heavy (non-hydrogen) atoms. The number of urea groups is 1. The lowest BCUT2D eigenvalue weighted by atomic mass is 9.82. The highest BCUT2D eigenvalue weighted by Gasteiger charge is 2.37. The van der Waals surface area contributed by atoms with Gasteiger partial charge in [-0.1, -0.05) is 59.6 Å². The van der Waals surface area contributed by atoms with E-state index in [4.69, 9.17) is 23.2 Å². The first-order chi connectivity index (χ1) is 18.8. The number of aliphatic hydroxyl groups is 1. The first-order valence-electron chi connectivity index (χ1n) is 12.1. The molecule has 0 aliphatic carbocycles. The Morgan fingerprint density at radius 3 is 2.51 bits per heavy atom. The summed E-state index contributed by atoms with van der Waals surface area (Å²) >= 11 is 12.5. The van der Waals surface area contributed by atoms with Gasteiger partial charge in [-0.25, -0.2) is 14.8 Å². The van der Waals surface area contributed by atoms with E-state index in [1.165, 1.54) is 0 Å². The summed E-state index contributed by atoms with van der Waals surface area (Å²) in [6.07, 6.45) is 4.88. The molecule has 0 bridgehead atoms. The van der Waals surface area contributed by atoms with Gasteiger partial charge in [0.2, 0.25) is 0 Å². The highest BCUT2D eigenvalue weighted by atomic mass is 35.5. The van der Waals surface area contributed by atoms with Gasteiger partial charge in [0.25, 0.3) is 0 Å². The van der Waals surface area contributed by atoms with Gasteiger partial charge in [0.1, 0.15) is 5.82 Å². The molecule has 3 aromatic carbocycles. The van der Waals surface area contributed by atoms with Crippen LogP contribution in [-0.2, 0) is 12.6 Å². The number of carbonyl (C=O) groups excluding carboxylic acids is 1. The number of hydrogen-bond acceptors (Lipinski definition) is 4. The number of amides is 2. The zero-order valence-corrected chi connectivity index (χ0v) is 22.5. The van der Waals surface area contributed by atoms with Crippen LogP contribution in [0.2, 0.25) is 10.0 Å². The first-order valence-corrected chi connectivity index (χ1v) is 12.9. The molecule has 5 aromatic rings. The van der Waals surface area contributed by atoms with Crippen LogP contribution in [0.4, 0.5) is 10.6 Å². The Morgan fingerprint density at radius 1 is 1.05 bits per heavy atom. The molecule has 0 spiro atoms. The Kier molecular flexibility index (Phi) is 7.39. The second kappa shape index (κ2) is 10.9. The fourth-order valence-electron chi connectivity index (χ4n) is 4.59. The largest absolute Gasteiger partial charge is 0.374 e. The predicted octanol–water partition coefficient (Wildman–Crippen LogP) is 6.53. The number of fused-ring (bicyclic) bond motifs is 1. The highest BCUT2D eigenvalue weighted by molar-refractivity contribution is 6.31. The quantitative estimate of drug-likeness (QED) is 0.198. The number of halogens is 2. The van der Waals surface area contributed by atoms with Gasteiger partial charge in [0.15, 0.2) is 5.60 Å². The molecule has 2 heterocycles. The van der Waals surface area contributed by atoms with Gasteiger partial charge in [-0.15, -0.1) is 6.58 Å². The van der Waals surface area contributed by atoms with Crippen LogP contribution >= 0.6 is 23.2 Å². The number of benzene rings is 3. The number of pyridine rings is 1. The van der Waals surface area contributed by atoms with Crippen LogP contribution in [0.15, 0.2) is 98.0 Å². The van der Waals surface area contributed by atoms with E-state index in [2.05, 4.69) is 27.2 Å². The maximum Gasteiger partial charge on any atom is 0.320 e. The SMILES string of the molecule is C=CCNC(=O)Nc1cc(-c2cccc(Cl)c2)c2cc(C(O)(c3ccc(Cl)cc3)c3cncn3C)ccc2n1. The normalized spacial score (nSPS) is 12.6. The van der Waals surface area contributed by atoms with E-state index in [0.29, 0.717) is 44.7 Å². The van der Waals surface area contributed by atoms with Crippen molar-refractivity contribution in [1.82, 2.24) is 19.9 Å². The van der Waals surface area contributed by atoms with Crippen LogP contribution in [-0.4, -0.2) is 32.2 Å². The standard InChI is InChI=1S/C30H25Cl2N5O2/c1-3-13-34-29(38)36-28-16-24(19-5-4-6-23(32)14-19)25-15-21(9-12-26(25)35-28)30(39,27-17-33-18-37(27)2)20-7-10-22(31)11-8-20/h3-12,14-18,39H,1,13H2,2H3,(H2,34,35,36,38). The average molecular weight is 558 g/mol. The van der Waals surface area contributed by atoms with Crippen LogP contribution in [0.5, 0.6) is 0 Å². The molecular weight excluding hydrogens is 533 g/mol. The second-order valence-electron chi connectivity index (χ2n) is 9.03. The number of nitrogens with zero attached hydrogens (tertiary/aromatic N) is 3. The molecule has 0 radical (unpaired) electrons. The summed E-state index contributed by atoms with van der Waals surface area (Å²) in [4.78, 5) is 21.3. The third kappa shape index (κ3) is 5.25.